The molecule has 0 aliphatic rings. The van der Waals surface area contributed by atoms with E-state index in [0.29, 0.717) is 17.6 Å². The van der Waals surface area contributed by atoms with Crippen LogP contribution in [0.3, 0.4) is 0 Å². The van der Waals surface area contributed by atoms with Crippen LogP contribution >= 0.6 is 0 Å². The second-order valence-electron chi connectivity index (χ2n) is 6.51. The maximum absolute atomic E-state index is 11.9. The van der Waals surface area contributed by atoms with Crippen LogP contribution in [-0.2, 0) is 6.54 Å². The van der Waals surface area contributed by atoms with Crippen LogP contribution in [0.1, 0.15) is 21.5 Å². The third-order valence-corrected chi connectivity index (χ3v) is 4.64. The third kappa shape index (κ3) is 3.18. The number of ether oxygens (including phenoxy) is 1. The number of hydrogen-bond donors (Lipinski definition) is 1. The average Bonchev–Trinajstić information content (AvgIpc) is 3.11. The Labute approximate surface area is 161 Å². The van der Waals surface area contributed by atoms with Crippen molar-refractivity contribution < 1.29 is 9.53 Å². The van der Waals surface area contributed by atoms with Gasteiger partial charge in [0.15, 0.2) is 0 Å². The van der Waals surface area contributed by atoms with Crippen molar-refractivity contribution in [2.45, 2.75) is 13.5 Å². The van der Waals surface area contributed by atoms with Crippen molar-refractivity contribution in [3.05, 3.63) is 71.8 Å². The van der Waals surface area contributed by atoms with Gasteiger partial charge in [0.2, 0.25) is 0 Å². The summed E-state index contributed by atoms with van der Waals surface area (Å²) in [6, 6.07) is 9.67. The Hall–Kier alpha value is -3.74. The Morgan fingerprint density at radius 3 is 2.64 bits per heavy atom. The zero-order valence-corrected chi connectivity index (χ0v) is 15.6. The van der Waals surface area contributed by atoms with Gasteiger partial charge in [0.25, 0.3) is 5.91 Å². The van der Waals surface area contributed by atoms with E-state index in [1.807, 2.05) is 43.5 Å². The Bertz CT molecular complexity index is 1170. The highest BCUT2D eigenvalue weighted by Crippen LogP contribution is 2.30. The summed E-state index contributed by atoms with van der Waals surface area (Å²) in [6.45, 7) is 2.52. The molecule has 7 heteroatoms. The Balaban J connectivity index is 1.83. The molecule has 3 aromatic heterocycles. The van der Waals surface area contributed by atoms with E-state index in [1.54, 1.807) is 24.2 Å². The highest BCUT2D eigenvalue weighted by atomic mass is 16.5. The molecule has 0 atom stereocenters. The first-order valence-corrected chi connectivity index (χ1v) is 8.76. The fourth-order valence-corrected chi connectivity index (χ4v) is 3.19. The van der Waals surface area contributed by atoms with Crippen molar-refractivity contribution in [3.63, 3.8) is 0 Å². The van der Waals surface area contributed by atoms with Crippen molar-refractivity contribution in [1.82, 2.24) is 19.7 Å². The number of aromatic nitrogens is 4. The van der Waals surface area contributed by atoms with Crippen LogP contribution in [-0.4, -0.2) is 32.8 Å². The molecule has 0 aliphatic carbocycles. The van der Waals surface area contributed by atoms with Crippen LogP contribution in [0.5, 0.6) is 5.75 Å². The van der Waals surface area contributed by atoms with Crippen molar-refractivity contribution in [1.29, 1.82) is 0 Å². The fraction of sp³-hybridized carbons (Fsp3) is 0.143. The molecule has 0 radical (unpaired) electrons. The van der Waals surface area contributed by atoms with Crippen LogP contribution in [0, 0.1) is 6.92 Å². The number of methoxy groups -OCH3 is 1. The van der Waals surface area contributed by atoms with E-state index in [-0.39, 0.29) is 0 Å². The minimum absolute atomic E-state index is 0.305. The summed E-state index contributed by atoms with van der Waals surface area (Å²) in [5.41, 5.74) is 10.1. The number of carbonyl (C=O) groups excluding carboxylic acids is 1. The molecule has 4 aromatic rings. The van der Waals surface area contributed by atoms with Gasteiger partial charge in [-0.05, 0) is 36.2 Å². The summed E-state index contributed by atoms with van der Waals surface area (Å²) in [5.74, 6) is 0.246. The minimum Gasteiger partial charge on any atom is -0.497 e. The third-order valence-electron chi connectivity index (χ3n) is 4.64. The van der Waals surface area contributed by atoms with Crippen LogP contribution in [0.2, 0.25) is 0 Å². The van der Waals surface area contributed by atoms with E-state index in [0.717, 1.165) is 33.5 Å². The molecular formula is C21H19N5O2. The largest absolute Gasteiger partial charge is 0.497 e. The number of nitrogens with two attached hydrogens (primary N) is 1. The number of pyridine rings is 2. The standard InChI is InChI=1S/C21H19N5O2/c1-13-9-23-8-7-16(13)19-18-12-26(11-14-3-5-15(28-2)6-4-14)25-20(18)17(10-24-19)21(22)27/h3-10,12H,11H2,1-2H3,(H2,22,27). The molecular weight excluding hydrogens is 354 g/mol. The summed E-state index contributed by atoms with van der Waals surface area (Å²) in [6.07, 6.45) is 6.89. The number of primary amides is 1. The lowest BCUT2D eigenvalue weighted by Crippen LogP contribution is -2.12. The van der Waals surface area contributed by atoms with Gasteiger partial charge in [-0.15, -0.1) is 0 Å². The molecule has 4 rings (SSSR count). The first-order valence-electron chi connectivity index (χ1n) is 8.76. The van der Waals surface area contributed by atoms with Gasteiger partial charge in [-0.3, -0.25) is 19.4 Å². The highest BCUT2D eigenvalue weighted by Gasteiger charge is 2.17. The van der Waals surface area contributed by atoms with Crippen LogP contribution in [0.25, 0.3) is 22.2 Å². The van der Waals surface area contributed by atoms with E-state index in [4.69, 9.17) is 10.5 Å². The van der Waals surface area contributed by atoms with Gasteiger partial charge >= 0.3 is 0 Å². The fourth-order valence-electron chi connectivity index (χ4n) is 3.19. The number of benzene rings is 1. The van der Waals surface area contributed by atoms with Gasteiger partial charge in [0.1, 0.15) is 11.3 Å². The summed E-state index contributed by atoms with van der Waals surface area (Å²) >= 11 is 0. The van der Waals surface area contributed by atoms with Gasteiger partial charge in [-0.2, -0.15) is 5.10 Å². The molecule has 0 saturated carbocycles. The smallest absolute Gasteiger partial charge is 0.252 e. The number of amides is 1. The number of nitrogens with zero attached hydrogens (tertiary/aromatic N) is 4. The molecule has 140 valence electrons. The lowest BCUT2D eigenvalue weighted by atomic mass is 10.0. The monoisotopic (exact) mass is 373 g/mol. The van der Waals surface area contributed by atoms with Crippen molar-refractivity contribution in [2.24, 2.45) is 5.73 Å². The van der Waals surface area contributed by atoms with E-state index in [1.165, 1.54) is 6.20 Å². The van der Waals surface area contributed by atoms with Crippen molar-refractivity contribution >= 4 is 16.8 Å². The Morgan fingerprint density at radius 1 is 1.18 bits per heavy atom. The van der Waals surface area contributed by atoms with E-state index < -0.39 is 5.91 Å². The summed E-state index contributed by atoms with van der Waals surface area (Å²) in [7, 11) is 1.64. The molecule has 28 heavy (non-hydrogen) atoms. The number of carbonyl (C=O) groups is 1. The highest BCUT2D eigenvalue weighted by molar-refractivity contribution is 6.07. The topological polar surface area (TPSA) is 95.9 Å². The van der Waals surface area contributed by atoms with Crippen molar-refractivity contribution in [3.8, 4) is 17.0 Å². The van der Waals surface area contributed by atoms with Gasteiger partial charge in [0.05, 0.1) is 24.9 Å². The van der Waals surface area contributed by atoms with Crippen molar-refractivity contribution in [2.75, 3.05) is 7.11 Å². The van der Waals surface area contributed by atoms with Gasteiger partial charge in [-0.1, -0.05) is 12.1 Å². The lowest BCUT2D eigenvalue weighted by Gasteiger charge is -2.06. The van der Waals surface area contributed by atoms with E-state index in [2.05, 4.69) is 15.1 Å². The summed E-state index contributed by atoms with van der Waals surface area (Å²) in [5, 5.41) is 5.39. The Morgan fingerprint density at radius 2 is 1.96 bits per heavy atom. The normalized spacial score (nSPS) is 10.9. The molecule has 0 aliphatic heterocycles. The van der Waals surface area contributed by atoms with Gasteiger partial charge < -0.3 is 10.5 Å². The van der Waals surface area contributed by atoms with Gasteiger partial charge in [-0.25, -0.2) is 0 Å². The van der Waals surface area contributed by atoms with E-state index in [9.17, 15) is 4.79 Å². The Kier molecular flexibility index (Phi) is 4.49. The molecule has 2 N–H and O–H groups in total. The second kappa shape index (κ2) is 7.11. The molecule has 0 bridgehead atoms. The maximum atomic E-state index is 11.9. The second-order valence-corrected chi connectivity index (χ2v) is 6.51. The molecule has 7 nitrogen and oxygen atoms in total. The predicted octanol–water partition coefficient (Wildman–Crippen LogP) is 2.96. The van der Waals surface area contributed by atoms with Crippen LogP contribution < -0.4 is 10.5 Å². The molecule has 3 heterocycles. The van der Waals surface area contributed by atoms with E-state index >= 15 is 0 Å². The number of aryl methyl sites for hydroxylation is 1. The zero-order valence-electron chi connectivity index (χ0n) is 15.6. The summed E-state index contributed by atoms with van der Waals surface area (Å²) in [4.78, 5) is 20.5. The maximum Gasteiger partial charge on any atom is 0.252 e. The lowest BCUT2D eigenvalue weighted by molar-refractivity contribution is 0.100. The predicted molar refractivity (Wildman–Crippen MR) is 106 cm³/mol. The zero-order chi connectivity index (χ0) is 19.7. The quantitative estimate of drug-likeness (QED) is 0.580. The first-order chi connectivity index (χ1) is 13.6. The molecule has 0 unspecified atom stereocenters. The number of rotatable bonds is 5. The van der Waals surface area contributed by atoms with Crippen LogP contribution in [0.15, 0.2) is 55.1 Å². The minimum atomic E-state index is -0.551. The van der Waals surface area contributed by atoms with Gasteiger partial charge in [0, 0.05) is 35.7 Å². The number of hydrogen-bond acceptors (Lipinski definition) is 5. The average molecular weight is 373 g/mol. The molecule has 1 amide bonds. The molecule has 0 fully saturated rings. The molecule has 1 aromatic carbocycles. The number of fused-ring (bicyclic) bond motifs is 1. The first kappa shape index (κ1) is 17.7. The summed E-state index contributed by atoms with van der Waals surface area (Å²) < 4.78 is 6.99. The van der Waals surface area contributed by atoms with Crippen LogP contribution in [0.4, 0.5) is 0 Å². The molecule has 0 saturated heterocycles. The molecule has 0 spiro atoms. The SMILES string of the molecule is COc1ccc(Cn2cc3c(-c4ccncc4C)ncc(C(N)=O)c3n2)cc1.